The van der Waals surface area contributed by atoms with Gasteiger partial charge in [0, 0.05) is 25.0 Å². The predicted molar refractivity (Wildman–Crippen MR) is 99.4 cm³/mol. The molecular formula is C18H18ClN5O. The average molecular weight is 356 g/mol. The lowest BCUT2D eigenvalue weighted by molar-refractivity contribution is -0.112. The fourth-order valence-corrected chi connectivity index (χ4v) is 2.27. The quantitative estimate of drug-likeness (QED) is 0.361. The summed E-state index contributed by atoms with van der Waals surface area (Å²) in [6.45, 7) is 0.930. The third-order valence-electron chi connectivity index (χ3n) is 3.40. The smallest absolute Gasteiger partial charge is 0.267 e. The van der Waals surface area contributed by atoms with Crippen LogP contribution in [-0.4, -0.2) is 5.91 Å². The van der Waals surface area contributed by atoms with E-state index in [1.54, 1.807) is 12.1 Å². The number of nitrogens with one attached hydrogen (secondary N) is 2. The number of nitrogen functional groups attached to an aromatic ring is 1. The maximum atomic E-state index is 12.1. The lowest BCUT2D eigenvalue weighted by Crippen LogP contribution is -2.16. The van der Waals surface area contributed by atoms with Crippen LogP contribution >= 0.6 is 11.6 Å². The summed E-state index contributed by atoms with van der Waals surface area (Å²) in [6.07, 6.45) is 1.38. The van der Waals surface area contributed by atoms with Gasteiger partial charge in [-0.3, -0.25) is 4.79 Å². The van der Waals surface area contributed by atoms with Gasteiger partial charge in [-0.25, -0.2) is 0 Å². The fourth-order valence-electron chi connectivity index (χ4n) is 2.09. The highest BCUT2D eigenvalue weighted by atomic mass is 35.5. The van der Waals surface area contributed by atoms with Gasteiger partial charge in [-0.05, 0) is 29.3 Å². The zero-order valence-electron chi connectivity index (χ0n) is 13.4. The van der Waals surface area contributed by atoms with Gasteiger partial charge < -0.3 is 22.1 Å². The van der Waals surface area contributed by atoms with Gasteiger partial charge in [0.25, 0.3) is 5.91 Å². The molecule has 128 valence electrons. The van der Waals surface area contributed by atoms with Crippen LogP contribution in [0.1, 0.15) is 11.1 Å². The molecule has 0 saturated carbocycles. The van der Waals surface area contributed by atoms with Gasteiger partial charge >= 0.3 is 0 Å². The highest BCUT2D eigenvalue weighted by Gasteiger charge is 2.10. The fraction of sp³-hybridized carbons (Fsp3) is 0.111. The highest BCUT2D eigenvalue weighted by molar-refractivity contribution is 6.33. The van der Waals surface area contributed by atoms with E-state index in [4.69, 9.17) is 23.1 Å². The van der Waals surface area contributed by atoms with E-state index in [1.165, 1.54) is 12.3 Å². The summed E-state index contributed by atoms with van der Waals surface area (Å²) in [6, 6.07) is 14.3. The summed E-state index contributed by atoms with van der Waals surface area (Å²) in [5.41, 5.74) is 14.1. The van der Waals surface area contributed by atoms with Crippen LogP contribution in [0.25, 0.3) is 0 Å². The summed E-state index contributed by atoms with van der Waals surface area (Å²) < 4.78 is 0. The molecule has 0 atom stereocenters. The summed E-state index contributed by atoms with van der Waals surface area (Å²) in [7, 11) is 0. The molecule has 25 heavy (non-hydrogen) atoms. The molecule has 0 radical (unpaired) electrons. The zero-order chi connectivity index (χ0) is 18.2. The first-order valence-corrected chi connectivity index (χ1v) is 7.89. The third-order valence-corrected chi connectivity index (χ3v) is 3.73. The van der Waals surface area contributed by atoms with Crippen molar-refractivity contribution in [2.45, 2.75) is 13.1 Å². The molecule has 1 amide bonds. The van der Waals surface area contributed by atoms with Crippen molar-refractivity contribution < 1.29 is 4.79 Å². The van der Waals surface area contributed by atoms with Crippen LogP contribution in [0.15, 0.2) is 54.2 Å². The standard InChI is InChI=1S/C18H18ClN5O/c19-16-7-15(4-5-17(16)22)24-18(25)14(9-21)11-23-10-13-3-1-2-12(6-13)8-20/h1-7,11,23H,8,10,20,22H2,(H,24,25)/b14-11-. The molecule has 2 aromatic rings. The van der Waals surface area contributed by atoms with Gasteiger partial charge in [-0.15, -0.1) is 0 Å². The molecule has 6 N–H and O–H groups in total. The summed E-state index contributed by atoms with van der Waals surface area (Å²) in [4.78, 5) is 12.1. The van der Waals surface area contributed by atoms with Crippen LogP contribution < -0.4 is 22.1 Å². The van der Waals surface area contributed by atoms with Crippen molar-refractivity contribution in [3.05, 3.63) is 70.4 Å². The van der Waals surface area contributed by atoms with Crippen molar-refractivity contribution in [2.75, 3.05) is 11.1 Å². The first-order chi connectivity index (χ1) is 12.0. The largest absolute Gasteiger partial charge is 0.398 e. The maximum Gasteiger partial charge on any atom is 0.267 e. The van der Waals surface area contributed by atoms with Crippen molar-refractivity contribution >= 4 is 28.9 Å². The number of carbonyl (C=O) groups excluding carboxylic acids is 1. The molecule has 2 aromatic carbocycles. The molecule has 0 saturated heterocycles. The highest BCUT2D eigenvalue weighted by Crippen LogP contribution is 2.22. The normalized spacial score (nSPS) is 10.8. The Morgan fingerprint density at radius 3 is 2.68 bits per heavy atom. The molecule has 0 fully saturated rings. The van der Waals surface area contributed by atoms with Crippen LogP contribution in [0.4, 0.5) is 11.4 Å². The van der Waals surface area contributed by atoms with Crippen molar-refractivity contribution in [3.63, 3.8) is 0 Å². The molecule has 0 bridgehead atoms. The Balaban J connectivity index is 1.99. The number of hydrogen-bond donors (Lipinski definition) is 4. The molecular weight excluding hydrogens is 338 g/mol. The van der Waals surface area contributed by atoms with Crippen molar-refractivity contribution in [1.82, 2.24) is 5.32 Å². The molecule has 0 aliphatic rings. The van der Waals surface area contributed by atoms with Crippen LogP contribution in [0, 0.1) is 11.3 Å². The second kappa shape index (κ2) is 8.73. The van der Waals surface area contributed by atoms with Crippen molar-refractivity contribution in [3.8, 4) is 6.07 Å². The molecule has 6 nitrogen and oxygen atoms in total. The lowest BCUT2D eigenvalue weighted by atomic mass is 10.1. The van der Waals surface area contributed by atoms with E-state index in [1.807, 2.05) is 30.3 Å². The number of anilines is 2. The Morgan fingerprint density at radius 2 is 2.00 bits per heavy atom. The van der Waals surface area contributed by atoms with Gasteiger partial charge in [0.1, 0.15) is 11.6 Å². The van der Waals surface area contributed by atoms with E-state index < -0.39 is 5.91 Å². The molecule has 2 rings (SSSR count). The van der Waals surface area contributed by atoms with Gasteiger partial charge in [-0.2, -0.15) is 5.26 Å². The van der Waals surface area contributed by atoms with Crippen LogP contribution in [0.3, 0.4) is 0 Å². The molecule has 0 aromatic heterocycles. The number of carbonyl (C=O) groups is 1. The second-order valence-electron chi connectivity index (χ2n) is 5.27. The topological polar surface area (TPSA) is 117 Å². The second-order valence-corrected chi connectivity index (χ2v) is 5.67. The SMILES string of the molecule is N#C/C(=C/NCc1cccc(CN)c1)C(=O)Nc1ccc(N)c(Cl)c1. The Labute approximate surface area is 151 Å². The number of nitriles is 1. The van der Waals surface area contributed by atoms with Crippen LogP contribution in [-0.2, 0) is 17.9 Å². The maximum absolute atomic E-state index is 12.1. The van der Waals surface area contributed by atoms with Gasteiger partial charge in [-0.1, -0.05) is 35.9 Å². The first-order valence-electron chi connectivity index (χ1n) is 7.51. The van der Waals surface area contributed by atoms with Gasteiger partial charge in [0.2, 0.25) is 0 Å². The van der Waals surface area contributed by atoms with E-state index in [0.717, 1.165) is 11.1 Å². The van der Waals surface area contributed by atoms with Gasteiger partial charge in [0.15, 0.2) is 0 Å². The van der Waals surface area contributed by atoms with Crippen LogP contribution in [0.2, 0.25) is 5.02 Å². The monoisotopic (exact) mass is 355 g/mol. The number of nitrogens with zero attached hydrogens (tertiary/aromatic N) is 1. The molecule has 0 aliphatic heterocycles. The number of rotatable bonds is 6. The summed E-state index contributed by atoms with van der Waals surface area (Å²) in [5.74, 6) is -0.536. The lowest BCUT2D eigenvalue weighted by Gasteiger charge is -2.07. The Kier molecular flexibility index (Phi) is 6.40. The van der Waals surface area contributed by atoms with Crippen molar-refractivity contribution in [1.29, 1.82) is 5.26 Å². The molecule has 0 aliphatic carbocycles. The average Bonchev–Trinajstić information content (AvgIpc) is 2.62. The third kappa shape index (κ3) is 5.24. The summed E-state index contributed by atoms with van der Waals surface area (Å²) in [5, 5.41) is 15.1. The number of hydrogen-bond acceptors (Lipinski definition) is 5. The number of benzene rings is 2. The Bertz CT molecular complexity index is 842. The number of amides is 1. The molecule has 0 spiro atoms. The molecule has 0 unspecified atom stereocenters. The van der Waals surface area contributed by atoms with E-state index in [9.17, 15) is 10.1 Å². The summed E-state index contributed by atoms with van der Waals surface area (Å²) >= 11 is 5.91. The van der Waals surface area contributed by atoms with Gasteiger partial charge in [0.05, 0.1) is 10.7 Å². The number of nitrogens with two attached hydrogens (primary N) is 2. The van der Waals surface area contributed by atoms with E-state index >= 15 is 0 Å². The van der Waals surface area contributed by atoms with E-state index in [2.05, 4.69) is 10.6 Å². The molecule has 0 heterocycles. The van der Waals surface area contributed by atoms with Crippen molar-refractivity contribution in [2.24, 2.45) is 5.73 Å². The first kappa shape index (κ1) is 18.3. The Hall–Kier alpha value is -3.01. The van der Waals surface area contributed by atoms with E-state index in [0.29, 0.717) is 29.5 Å². The minimum Gasteiger partial charge on any atom is -0.398 e. The minimum atomic E-state index is -0.536. The Morgan fingerprint density at radius 1 is 1.24 bits per heavy atom. The van der Waals surface area contributed by atoms with Crippen LogP contribution in [0.5, 0.6) is 0 Å². The zero-order valence-corrected chi connectivity index (χ0v) is 14.2. The number of halogens is 1. The van der Waals surface area contributed by atoms with E-state index in [-0.39, 0.29) is 5.57 Å². The predicted octanol–water partition coefficient (Wildman–Crippen LogP) is 2.52. The molecule has 7 heteroatoms. The minimum absolute atomic E-state index is 0.0528.